The smallest absolute Gasteiger partial charge is 0.335 e. The summed E-state index contributed by atoms with van der Waals surface area (Å²) in [5.41, 5.74) is 4.17. The standard InChI is InChI=1S/C14H10F2O2/c1-9-6-7-14(15,16)8-12(9)10-2-4-11(5-3-10)13(17)18/h2-5,7-8H,1H3,(H,17,18). The monoisotopic (exact) mass is 248 g/mol. The average molecular weight is 248 g/mol. The molecular weight excluding hydrogens is 238 g/mol. The summed E-state index contributed by atoms with van der Waals surface area (Å²) >= 11 is 0. The summed E-state index contributed by atoms with van der Waals surface area (Å²) in [7, 11) is 0. The van der Waals surface area contributed by atoms with Crippen LogP contribution >= 0.6 is 0 Å². The van der Waals surface area contributed by atoms with Gasteiger partial charge in [-0.15, -0.1) is 5.73 Å². The van der Waals surface area contributed by atoms with Gasteiger partial charge in [0.15, 0.2) is 0 Å². The lowest BCUT2D eigenvalue weighted by Crippen LogP contribution is -2.11. The highest BCUT2D eigenvalue weighted by Gasteiger charge is 2.26. The molecule has 0 heterocycles. The van der Waals surface area contributed by atoms with Gasteiger partial charge < -0.3 is 5.11 Å². The molecule has 0 bridgehead atoms. The molecule has 18 heavy (non-hydrogen) atoms. The zero-order valence-electron chi connectivity index (χ0n) is 9.58. The molecule has 1 aromatic carbocycles. The van der Waals surface area contributed by atoms with Gasteiger partial charge in [-0.3, -0.25) is 0 Å². The molecule has 0 radical (unpaired) electrons. The predicted molar refractivity (Wildman–Crippen MR) is 63.6 cm³/mol. The van der Waals surface area contributed by atoms with Gasteiger partial charge in [0.25, 0.3) is 5.92 Å². The van der Waals surface area contributed by atoms with Crippen LogP contribution in [0.1, 0.15) is 22.8 Å². The van der Waals surface area contributed by atoms with Gasteiger partial charge in [0.1, 0.15) is 0 Å². The quantitative estimate of drug-likeness (QED) is 0.813. The van der Waals surface area contributed by atoms with Crippen LogP contribution in [0.4, 0.5) is 8.78 Å². The van der Waals surface area contributed by atoms with Crippen molar-refractivity contribution in [2.45, 2.75) is 12.8 Å². The van der Waals surface area contributed by atoms with Crippen LogP contribution in [-0.2, 0) is 0 Å². The number of carbonyl (C=O) groups is 1. The number of carboxylic acids is 1. The van der Waals surface area contributed by atoms with Crippen LogP contribution in [0.5, 0.6) is 0 Å². The zero-order chi connectivity index (χ0) is 13.3. The van der Waals surface area contributed by atoms with Crippen molar-refractivity contribution < 1.29 is 18.7 Å². The van der Waals surface area contributed by atoms with E-state index in [1.54, 1.807) is 6.92 Å². The maximum Gasteiger partial charge on any atom is 0.335 e. The topological polar surface area (TPSA) is 37.3 Å². The fraction of sp³-hybridized carbons (Fsp3) is 0.143. The Morgan fingerprint density at radius 3 is 2.44 bits per heavy atom. The van der Waals surface area contributed by atoms with E-state index in [0.717, 1.165) is 12.2 Å². The van der Waals surface area contributed by atoms with Crippen molar-refractivity contribution in [3.05, 3.63) is 58.8 Å². The number of halogens is 2. The fourth-order valence-electron chi connectivity index (χ4n) is 1.72. The van der Waals surface area contributed by atoms with Crippen molar-refractivity contribution in [3.8, 4) is 0 Å². The number of benzene rings is 1. The van der Waals surface area contributed by atoms with E-state index in [9.17, 15) is 13.6 Å². The molecule has 0 fully saturated rings. The summed E-state index contributed by atoms with van der Waals surface area (Å²) in [6, 6.07) is 5.81. The summed E-state index contributed by atoms with van der Waals surface area (Å²) < 4.78 is 26.4. The molecule has 1 aromatic rings. The molecule has 0 aliphatic heterocycles. The minimum Gasteiger partial charge on any atom is -0.478 e. The fourth-order valence-corrected chi connectivity index (χ4v) is 1.72. The Balaban J connectivity index is 2.44. The van der Waals surface area contributed by atoms with Crippen LogP contribution in [-0.4, -0.2) is 17.0 Å². The van der Waals surface area contributed by atoms with Crippen molar-refractivity contribution in [2.24, 2.45) is 0 Å². The molecule has 1 N–H and O–H groups in total. The molecule has 0 amide bonds. The lowest BCUT2D eigenvalue weighted by Gasteiger charge is -2.15. The number of allylic oxidation sites excluding steroid dienone is 3. The first kappa shape index (κ1) is 12.3. The third-order valence-electron chi connectivity index (χ3n) is 2.66. The maximum absolute atomic E-state index is 13.2. The van der Waals surface area contributed by atoms with Crippen LogP contribution in [0.3, 0.4) is 0 Å². The molecule has 92 valence electrons. The molecule has 2 rings (SSSR count). The number of hydrogen-bond donors (Lipinski definition) is 1. The first-order valence-corrected chi connectivity index (χ1v) is 5.28. The largest absolute Gasteiger partial charge is 0.478 e. The van der Waals surface area contributed by atoms with Gasteiger partial charge in [-0.1, -0.05) is 12.1 Å². The second kappa shape index (κ2) is 4.24. The molecule has 4 heteroatoms. The molecular formula is C14H10F2O2. The van der Waals surface area contributed by atoms with Gasteiger partial charge >= 0.3 is 5.97 Å². The van der Waals surface area contributed by atoms with Gasteiger partial charge in [-0.25, -0.2) is 4.79 Å². The molecule has 0 aromatic heterocycles. The third-order valence-corrected chi connectivity index (χ3v) is 2.66. The van der Waals surface area contributed by atoms with Crippen molar-refractivity contribution in [2.75, 3.05) is 0 Å². The Morgan fingerprint density at radius 1 is 1.28 bits per heavy atom. The average Bonchev–Trinajstić information content (AvgIpc) is 2.32. The Bertz CT molecular complexity index is 589. The number of carboxylic acid groups (broad SMARTS) is 1. The zero-order valence-corrected chi connectivity index (χ0v) is 9.58. The summed E-state index contributed by atoms with van der Waals surface area (Å²) in [4.78, 5) is 10.7. The molecule has 2 nitrogen and oxygen atoms in total. The van der Waals surface area contributed by atoms with Crippen LogP contribution in [0.2, 0.25) is 0 Å². The van der Waals surface area contributed by atoms with Crippen molar-refractivity contribution in [1.82, 2.24) is 0 Å². The highest BCUT2D eigenvalue weighted by Crippen LogP contribution is 2.32. The normalized spacial score (nSPS) is 17.1. The second-order valence-corrected chi connectivity index (χ2v) is 4.03. The van der Waals surface area contributed by atoms with Gasteiger partial charge in [0.05, 0.1) is 5.56 Å². The Morgan fingerprint density at radius 2 is 1.89 bits per heavy atom. The van der Waals surface area contributed by atoms with Crippen LogP contribution in [0, 0.1) is 0 Å². The Labute approximate surface area is 103 Å². The first-order valence-electron chi connectivity index (χ1n) is 5.28. The number of hydrogen-bond acceptors (Lipinski definition) is 1. The van der Waals surface area contributed by atoms with E-state index in [4.69, 9.17) is 5.11 Å². The van der Waals surface area contributed by atoms with Crippen molar-refractivity contribution in [1.29, 1.82) is 0 Å². The molecule has 1 aliphatic carbocycles. The van der Waals surface area contributed by atoms with E-state index < -0.39 is 11.9 Å². The lowest BCUT2D eigenvalue weighted by atomic mass is 9.94. The van der Waals surface area contributed by atoms with E-state index in [2.05, 4.69) is 5.73 Å². The van der Waals surface area contributed by atoms with Gasteiger partial charge in [-0.05, 0) is 41.8 Å². The first-order chi connectivity index (χ1) is 8.39. The number of rotatable bonds is 2. The molecule has 0 saturated heterocycles. The molecule has 0 unspecified atom stereocenters. The van der Waals surface area contributed by atoms with Crippen LogP contribution < -0.4 is 0 Å². The Kier molecular flexibility index (Phi) is 2.89. The van der Waals surface area contributed by atoms with Crippen molar-refractivity contribution in [3.63, 3.8) is 0 Å². The SMILES string of the molecule is CC1=C=CC(F)(F)C=C1c1ccc(C(=O)O)cc1. The number of alkyl halides is 2. The molecule has 1 aliphatic rings. The predicted octanol–water partition coefficient (Wildman–Crippen LogP) is 3.52. The highest BCUT2D eigenvalue weighted by molar-refractivity contribution is 5.89. The summed E-state index contributed by atoms with van der Waals surface area (Å²) in [6.45, 7) is 1.68. The van der Waals surface area contributed by atoms with Crippen LogP contribution in [0.15, 0.2) is 47.7 Å². The Hall–Kier alpha value is -2.19. The summed E-state index contributed by atoms with van der Waals surface area (Å²) in [6.07, 6.45) is 1.58. The minimum atomic E-state index is -3.01. The van der Waals surface area contributed by atoms with Crippen molar-refractivity contribution >= 4 is 11.5 Å². The van der Waals surface area contributed by atoms with E-state index in [1.165, 1.54) is 24.3 Å². The van der Waals surface area contributed by atoms with Crippen LogP contribution in [0.25, 0.3) is 5.57 Å². The van der Waals surface area contributed by atoms with E-state index in [1.807, 2.05) is 0 Å². The lowest BCUT2D eigenvalue weighted by molar-refractivity contribution is 0.0696. The number of aromatic carboxylic acids is 1. The minimum absolute atomic E-state index is 0.124. The third kappa shape index (κ3) is 2.39. The highest BCUT2D eigenvalue weighted by atomic mass is 19.3. The summed E-state index contributed by atoms with van der Waals surface area (Å²) in [5.74, 6) is -4.06. The van der Waals surface area contributed by atoms with E-state index in [-0.39, 0.29) is 5.56 Å². The maximum atomic E-state index is 13.2. The van der Waals surface area contributed by atoms with Gasteiger partial charge in [-0.2, -0.15) is 8.78 Å². The second-order valence-electron chi connectivity index (χ2n) is 4.03. The molecule has 0 saturated carbocycles. The van der Waals surface area contributed by atoms with E-state index >= 15 is 0 Å². The molecule has 0 spiro atoms. The molecule has 0 atom stereocenters. The van der Waals surface area contributed by atoms with Gasteiger partial charge in [0.2, 0.25) is 0 Å². The van der Waals surface area contributed by atoms with E-state index in [0.29, 0.717) is 16.7 Å². The summed E-state index contributed by atoms with van der Waals surface area (Å²) in [5, 5.41) is 8.76. The van der Waals surface area contributed by atoms with Gasteiger partial charge in [0, 0.05) is 6.08 Å².